The number of nitrogens with one attached hydrogen (secondary N) is 1. The van der Waals surface area contributed by atoms with Crippen LogP contribution >= 0.6 is 11.6 Å². The molecule has 0 aliphatic heterocycles. The van der Waals surface area contributed by atoms with Gasteiger partial charge in [0.25, 0.3) is 0 Å². The molecule has 0 radical (unpaired) electrons. The average molecular weight is 237 g/mol. The zero-order valence-electron chi connectivity index (χ0n) is 9.16. The van der Waals surface area contributed by atoms with Crippen LogP contribution in [0, 0.1) is 0 Å². The van der Waals surface area contributed by atoms with Crippen molar-refractivity contribution in [2.24, 2.45) is 0 Å². The van der Waals surface area contributed by atoms with Gasteiger partial charge in [-0.2, -0.15) is 5.10 Å². The van der Waals surface area contributed by atoms with Crippen LogP contribution in [0.3, 0.4) is 0 Å². The van der Waals surface area contributed by atoms with E-state index in [1.165, 1.54) is 0 Å². The zero-order valence-corrected chi connectivity index (χ0v) is 9.92. The minimum atomic E-state index is 0.524. The summed E-state index contributed by atoms with van der Waals surface area (Å²) in [4.78, 5) is 1.99. The minimum Gasteiger partial charge on any atom is -0.384 e. The summed E-state index contributed by atoms with van der Waals surface area (Å²) in [6.45, 7) is 0. The number of benzene rings is 1. The molecule has 84 valence electrons. The quantitative estimate of drug-likeness (QED) is 0.842. The van der Waals surface area contributed by atoms with Gasteiger partial charge in [0, 0.05) is 30.9 Å². The van der Waals surface area contributed by atoms with E-state index in [9.17, 15) is 0 Å². The number of nitrogens with two attached hydrogens (primary N) is 1. The van der Waals surface area contributed by atoms with Crippen molar-refractivity contribution in [3.8, 4) is 11.1 Å². The summed E-state index contributed by atoms with van der Waals surface area (Å²) >= 11 is 6.21. The standard InChI is InChI=1S/C11H13ClN4/c1-16(2)9-5-3-4-8(12)10(9)7-6-14-15-11(7)13/h3-6H,1-2H3,(H3,13,14,15). The number of halogens is 1. The van der Waals surface area contributed by atoms with Gasteiger partial charge in [0.05, 0.1) is 11.2 Å². The highest BCUT2D eigenvalue weighted by Crippen LogP contribution is 2.38. The third-order valence-electron chi connectivity index (χ3n) is 2.41. The lowest BCUT2D eigenvalue weighted by atomic mass is 10.1. The van der Waals surface area contributed by atoms with Crippen LogP contribution in [0.25, 0.3) is 11.1 Å². The van der Waals surface area contributed by atoms with Crippen LogP contribution in [0.5, 0.6) is 0 Å². The lowest BCUT2D eigenvalue weighted by Crippen LogP contribution is -2.10. The maximum Gasteiger partial charge on any atom is 0.126 e. The van der Waals surface area contributed by atoms with E-state index in [-0.39, 0.29) is 0 Å². The Labute approximate surface area is 99.0 Å². The third-order valence-corrected chi connectivity index (χ3v) is 2.73. The Morgan fingerprint density at radius 2 is 2.12 bits per heavy atom. The molecule has 1 aromatic heterocycles. The second kappa shape index (κ2) is 4.06. The predicted octanol–water partition coefficient (Wildman–Crippen LogP) is 2.38. The van der Waals surface area contributed by atoms with Crippen LogP contribution in [-0.4, -0.2) is 24.3 Å². The van der Waals surface area contributed by atoms with E-state index in [4.69, 9.17) is 17.3 Å². The molecule has 0 spiro atoms. The van der Waals surface area contributed by atoms with Crippen LogP contribution in [0.1, 0.15) is 0 Å². The molecule has 0 amide bonds. The Balaban J connectivity index is 2.68. The van der Waals surface area contributed by atoms with E-state index in [0.717, 1.165) is 16.8 Å². The Morgan fingerprint density at radius 1 is 1.38 bits per heavy atom. The predicted molar refractivity (Wildman–Crippen MR) is 67.8 cm³/mol. The number of hydrogen-bond donors (Lipinski definition) is 2. The molecule has 1 heterocycles. The summed E-state index contributed by atoms with van der Waals surface area (Å²) in [5, 5.41) is 7.29. The Morgan fingerprint density at radius 3 is 2.69 bits per heavy atom. The smallest absolute Gasteiger partial charge is 0.126 e. The molecule has 0 saturated carbocycles. The second-order valence-electron chi connectivity index (χ2n) is 3.73. The second-order valence-corrected chi connectivity index (χ2v) is 4.13. The summed E-state index contributed by atoms with van der Waals surface area (Å²) in [6, 6.07) is 5.75. The van der Waals surface area contributed by atoms with Gasteiger partial charge in [0.15, 0.2) is 0 Å². The number of hydrogen-bond acceptors (Lipinski definition) is 3. The van der Waals surface area contributed by atoms with Gasteiger partial charge in [-0.3, -0.25) is 5.10 Å². The van der Waals surface area contributed by atoms with Crippen molar-refractivity contribution in [1.29, 1.82) is 0 Å². The van der Waals surface area contributed by atoms with Crippen molar-refractivity contribution in [1.82, 2.24) is 10.2 Å². The third kappa shape index (κ3) is 1.72. The van der Waals surface area contributed by atoms with Gasteiger partial charge in [-0.1, -0.05) is 17.7 Å². The van der Waals surface area contributed by atoms with E-state index in [1.807, 2.05) is 37.2 Å². The van der Waals surface area contributed by atoms with Crippen molar-refractivity contribution in [3.63, 3.8) is 0 Å². The number of nitrogen functional groups attached to an aromatic ring is 1. The van der Waals surface area contributed by atoms with Crippen molar-refractivity contribution < 1.29 is 0 Å². The maximum absolute atomic E-state index is 6.21. The molecule has 1 aromatic carbocycles. The SMILES string of the molecule is CN(C)c1cccc(Cl)c1-c1cn[nH]c1N. The highest BCUT2D eigenvalue weighted by molar-refractivity contribution is 6.34. The average Bonchev–Trinajstić information content (AvgIpc) is 2.64. The number of aromatic amines is 1. The molecule has 0 atom stereocenters. The van der Waals surface area contributed by atoms with Gasteiger partial charge in [-0.25, -0.2) is 0 Å². The first-order chi connectivity index (χ1) is 7.61. The zero-order chi connectivity index (χ0) is 11.7. The normalized spacial score (nSPS) is 10.4. The first-order valence-corrected chi connectivity index (χ1v) is 5.24. The molecule has 3 N–H and O–H groups in total. The van der Waals surface area contributed by atoms with Crippen molar-refractivity contribution in [3.05, 3.63) is 29.4 Å². The lowest BCUT2D eigenvalue weighted by Gasteiger charge is -2.18. The first kappa shape index (κ1) is 10.8. The van der Waals surface area contributed by atoms with E-state index in [0.29, 0.717) is 10.8 Å². The van der Waals surface area contributed by atoms with Gasteiger partial charge in [-0.05, 0) is 12.1 Å². The van der Waals surface area contributed by atoms with Crippen LogP contribution in [0.2, 0.25) is 5.02 Å². The first-order valence-electron chi connectivity index (χ1n) is 4.86. The summed E-state index contributed by atoms with van der Waals surface area (Å²) in [6.07, 6.45) is 1.68. The van der Waals surface area contributed by atoms with E-state index < -0.39 is 0 Å². The molecule has 4 nitrogen and oxygen atoms in total. The number of rotatable bonds is 2. The topological polar surface area (TPSA) is 57.9 Å². The molecule has 0 saturated heterocycles. The van der Waals surface area contributed by atoms with Crippen molar-refractivity contribution >= 4 is 23.1 Å². The molecule has 0 aliphatic rings. The fourth-order valence-corrected chi connectivity index (χ4v) is 1.92. The van der Waals surface area contributed by atoms with Gasteiger partial charge in [0.1, 0.15) is 5.82 Å². The molecule has 0 unspecified atom stereocenters. The van der Waals surface area contributed by atoms with Crippen LogP contribution in [0.4, 0.5) is 11.5 Å². The summed E-state index contributed by atoms with van der Waals surface area (Å²) in [7, 11) is 3.93. The highest BCUT2D eigenvalue weighted by Gasteiger charge is 2.14. The van der Waals surface area contributed by atoms with Crippen molar-refractivity contribution in [2.75, 3.05) is 24.7 Å². The lowest BCUT2D eigenvalue weighted by molar-refractivity contribution is 1.10. The fraction of sp³-hybridized carbons (Fsp3) is 0.182. The monoisotopic (exact) mass is 236 g/mol. The summed E-state index contributed by atoms with van der Waals surface area (Å²) in [5.41, 5.74) is 8.56. The van der Waals surface area contributed by atoms with E-state index in [2.05, 4.69) is 10.2 Å². The molecule has 0 fully saturated rings. The van der Waals surface area contributed by atoms with E-state index >= 15 is 0 Å². The minimum absolute atomic E-state index is 0.524. The largest absolute Gasteiger partial charge is 0.384 e. The number of aromatic nitrogens is 2. The number of anilines is 2. The van der Waals surface area contributed by atoms with Crippen LogP contribution in [0.15, 0.2) is 24.4 Å². The summed E-state index contributed by atoms with van der Waals surface area (Å²) in [5.74, 6) is 0.524. The Bertz CT molecular complexity index is 504. The van der Waals surface area contributed by atoms with Gasteiger partial charge >= 0.3 is 0 Å². The summed E-state index contributed by atoms with van der Waals surface area (Å²) < 4.78 is 0. The van der Waals surface area contributed by atoms with Crippen molar-refractivity contribution in [2.45, 2.75) is 0 Å². The van der Waals surface area contributed by atoms with E-state index in [1.54, 1.807) is 6.20 Å². The van der Waals surface area contributed by atoms with Gasteiger partial charge in [-0.15, -0.1) is 0 Å². The molecule has 0 bridgehead atoms. The molecule has 2 aromatic rings. The Hall–Kier alpha value is -1.68. The molecule has 5 heteroatoms. The molecule has 0 aliphatic carbocycles. The number of nitrogens with zero attached hydrogens (tertiary/aromatic N) is 2. The maximum atomic E-state index is 6.21. The molecule has 16 heavy (non-hydrogen) atoms. The number of H-pyrrole nitrogens is 1. The molecule has 2 rings (SSSR count). The van der Waals surface area contributed by atoms with Gasteiger partial charge in [0.2, 0.25) is 0 Å². The van der Waals surface area contributed by atoms with Crippen LogP contribution in [-0.2, 0) is 0 Å². The van der Waals surface area contributed by atoms with Crippen LogP contribution < -0.4 is 10.6 Å². The fourth-order valence-electron chi connectivity index (χ4n) is 1.65. The molecular weight excluding hydrogens is 224 g/mol. The Kier molecular flexibility index (Phi) is 2.75. The van der Waals surface area contributed by atoms with Gasteiger partial charge < -0.3 is 10.6 Å². The highest BCUT2D eigenvalue weighted by atomic mass is 35.5. The molecular formula is C11H13ClN4.